The van der Waals surface area contributed by atoms with Gasteiger partial charge >= 0.3 is 18.6 Å². The van der Waals surface area contributed by atoms with Crippen LogP contribution in [0.3, 0.4) is 0 Å². The number of benzene rings is 2. The largest absolute Gasteiger partial charge is 0.461 e. The molecule has 36 heavy (non-hydrogen) atoms. The minimum absolute atomic E-state index is 0.0198. The lowest BCUT2D eigenvalue weighted by atomic mass is 9.92. The van der Waals surface area contributed by atoms with Crippen molar-refractivity contribution in [1.29, 1.82) is 0 Å². The molecule has 1 aromatic heterocycles. The van der Waals surface area contributed by atoms with E-state index in [1.54, 1.807) is 30.3 Å². The molecule has 1 amide bonds. The lowest BCUT2D eigenvalue weighted by molar-refractivity contribution is -0.252. The number of alkyl carbamates (subject to hydrolysis) is 1. The van der Waals surface area contributed by atoms with Crippen LogP contribution >= 0.6 is 11.6 Å². The van der Waals surface area contributed by atoms with E-state index >= 15 is 0 Å². The quantitative estimate of drug-likeness (QED) is 0.234. The van der Waals surface area contributed by atoms with Crippen LogP contribution in [0.1, 0.15) is 18.6 Å². The molecule has 1 atom stereocenters. The summed E-state index contributed by atoms with van der Waals surface area (Å²) >= 11 is 5.90. The van der Waals surface area contributed by atoms with Gasteiger partial charge in [0.05, 0.1) is 17.3 Å². The number of ether oxygens (including phenoxy) is 3. The lowest BCUT2D eigenvalue weighted by Crippen LogP contribution is -2.34. The van der Waals surface area contributed by atoms with E-state index in [1.807, 2.05) is 0 Å². The van der Waals surface area contributed by atoms with Crippen molar-refractivity contribution in [1.82, 2.24) is 10.3 Å². The molecule has 3 rings (SSSR count). The van der Waals surface area contributed by atoms with Crippen LogP contribution in [0.4, 0.5) is 22.4 Å². The summed E-state index contributed by atoms with van der Waals surface area (Å²) < 4.78 is 70.0. The van der Waals surface area contributed by atoms with E-state index in [4.69, 9.17) is 25.8 Å². The van der Waals surface area contributed by atoms with Gasteiger partial charge in [0.15, 0.2) is 0 Å². The van der Waals surface area contributed by atoms with Gasteiger partial charge in [-0.05, 0) is 30.7 Å². The zero-order valence-corrected chi connectivity index (χ0v) is 20.1. The molecule has 0 aliphatic carbocycles. The molecule has 192 valence electrons. The second-order valence-electron chi connectivity index (χ2n) is 7.57. The van der Waals surface area contributed by atoms with E-state index in [-0.39, 0.29) is 35.5 Å². The Hall–Kier alpha value is -3.37. The van der Waals surface area contributed by atoms with Gasteiger partial charge in [0.1, 0.15) is 11.9 Å². The summed E-state index contributed by atoms with van der Waals surface area (Å²) in [6.45, 7) is 1.96. The zero-order valence-electron chi connectivity index (χ0n) is 19.3. The number of nitrogens with one attached hydrogen (secondary N) is 1. The molecule has 0 unspecified atom stereocenters. The molecule has 2 aromatic carbocycles. The molecule has 0 spiro atoms. The molecule has 3 aromatic rings. The van der Waals surface area contributed by atoms with Crippen LogP contribution in [0.15, 0.2) is 60.8 Å². The first kappa shape index (κ1) is 27.2. The first-order chi connectivity index (χ1) is 17.1. The number of hydrogen-bond donors (Lipinski definition) is 1. The molecule has 0 saturated heterocycles. The highest BCUT2D eigenvalue weighted by Crippen LogP contribution is 2.46. The van der Waals surface area contributed by atoms with E-state index in [9.17, 15) is 22.4 Å². The normalized spacial score (nSPS) is 12.3. The van der Waals surface area contributed by atoms with Crippen molar-refractivity contribution in [3.8, 4) is 28.1 Å². The number of pyridine rings is 1. The molecule has 1 heterocycles. The molecular formula is C25H23ClF4N2O4. The first-order valence-corrected chi connectivity index (χ1v) is 11.1. The van der Waals surface area contributed by atoms with Crippen LogP contribution in [0.2, 0.25) is 5.02 Å². The topological polar surface area (TPSA) is 69.7 Å². The fourth-order valence-electron chi connectivity index (χ4n) is 3.38. The molecule has 6 nitrogen and oxygen atoms in total. The van der Waals surface area contributed by atoms with Crippen molar-refractivity contribution >= 4 is 17.7 Å². The SMILES string of the molecule is COCCNC(=O)O[C@@H](C)c1ccc(-c2ccc(Cl)cn2)c(OC(F)(F)C(F)F)c1-c1ccccc1. The van der Waals surface area contributed by atoms with E-state index in [0.717, 1.165) is 0 Å². The van der Waals surface area contributed by atoms with Gasteiger partial charge in [-0.1, -0.05) is 48.0 Å². The van der Waals surface area contributed by atoms with Gasteiger partial charge in [0.2, 0.25) is 0 Å². The highest BCUT2D eigenvalue weighted by Gasteiger charge is 2.45. The van der Waals surface area contributed by atoms with Crippen molar-refractivity contribution < 1.29 is 36.6 Å². The van der Waals surface area contributed by atoms with E-state index in [0.29, 0.717) is 10.6 Å². The van der Waals surface area contributed by atoms with Crippen LogP contribution in [0.5, 0.6) is 5.75 Å². The summed E-state index contributed by atoms with van der Waals surface area (Å²) in [7, 11) is 1.47. The van der Waals surface area contributed by atoms with Gasteiger partial charge in [-0.15, -0.1) is 0 Å². The summed E-state index contributed by atoms with van der Waals surface area (Å²) in [5.74, 6) is -0.547. The van der Waals surface area contributed by atoms with Gasteiger partial charge in [-0.25, -0.2) is 4.79 Å². The number of alkyl halides is 4. The molecule has 0 bridgehead atoms. The fraction of sp³-hybridized carbons (Fsp3) is 0.280. The van der Waals surface area contributed by atoms with Crippen LogP contribution in [-0.4, -0.2) is 43.9 Å². The van der Waals surface area contributed by atoms with Crippen molar-refractivity contribution in [2.45, 2.75) is 25.6 Å². The zero-order chi connectivity index (χ0) is 26.3. The number of carbonyl (C=O) groups excluding carboxylic acids is 1. The van der Waals surface area contributed by atoms with E-state index in [2.05, 4.69) is 10.3 Å². The standard InChI is InChI=1S/C25H23ClF4N2O4/c1-15(35-24(33)31-12-13-34-2)18-9-10-19(20-11-8-17(26)14-32-20)22(36-25(29,30)23(27)28)21(18)16-6-4-3-5-7-16/h3-11,14-15,23H,12-13H2,1-2H3,(H,31,33)/t15-/m0/s1. The number of carbonyl (C=O) groups is 1. The Labute approximate surface area is 210 Å². The molecule has 0 fully saturated rings. The second-order valence-corrected chi connectivity index (χ2v) is 8.00. The van der Waals surface area contributed by atoms with E-state index < -0.39 is 30.5 Å². The average molecular weight is 527 g/mol. The summed E-state index contributed by atoms with van der Waals surface area (Å²) in [5.41, 5.74) is 0.849. The van der Waals surface area contributed by atoms with Crippen LogP contribution in [0, 0.1) is 0 Å². The minimum Gasteiger partial charge on any atom is -0.442 e. The predicted octanol–water partition coefficient (Wildman–Crippen LogP) is 6.74. The van der Waals surface area contributed by atoms with Crippen LogP contribution in [0.25, 0.3) is 22.4 Å². The Morgan fingerprint density at radius 2 is 1.83 bits per heavy atom. The Balaban J connectivity index is 2.19. The van der Waals surface area contributed by atoms with Crippen molar-refractivity contribution in [3.63, 3.8) is 0 Å². The molecule has 0 radical (unpaired) electrons. The monoisotopic (exact) mass is 526 g/mol. The summed E-state index contributed by atoms with van der Waals surface area (Å²) in [5, 5.41) is 2.79. The first-order valence-electron chi connectivity index (χ1n) is 10.8. The number of hydrogen-bond acceptors (Lipinski definition) is 5. The van der Waals surface area contributed by atoms with Crippen molar-refractivity contribution in [3.05, 3.63) is 71.4 Å². The van der Waals surface area contributed by atoms with Crippen LogP contribution < -0.4 is 10.1 Å². The van der Waals surface area contributed by atoms with Gasteiger partial charge in [0.25, 0.3) is 0 Å². The molecule has 0 saturated carbocycles. The number of nitrogens with zero attached hydrogens (tertiary/aromatic N) is 1. The Morgan fingerprint density at radius 1 is 1.11 bits per heavy atom. The number of amides is 1. The highest BCUT2D eigenvalue weighted by molar-refractivity contribution is 6.30. The fourth-order valence-corrected chi connectivity index (χ4v) is 3.50. The van der Waals surface area contributed by atoms with Crippen LogP contribution in [-0.2, 0) is 9.47 Å². The maximum atomic E-state index is 14.3. The number of aromatic nitrogens is 1. The Kier molecular flexibility index (Phi) is 9.11. The van der Waals surface area contributed by atoms with Crippen molar-refractivity contribution in [2.75, 3.05) is 20.3 Å². The average Bonchev–Trinajstić information content (AvgIpc) is 2.84. The van der Waals surface area contributed by atoms with Gasteiger partial charge in [-0.2, -0.15) is 17.6 Å². The third kappa shape index (κ3) is 6.64. The summed E-state index contributed by atoms with van der Waals surface area (Å²) in [6, 6.07) is 14.0. The molecule has 1 N–H and O–H groups in total. The number of rotatable bonds is 10. The predicted molar refractivity (Wildman–Crippen MR) is 126 cm³/mol. The highest BCUT2D eigenvalue weighted by atomic mass is 35.5. The Bertz CT molecular complexity index is 1160. The smallest absolute Gasteiger partial charge is 0.442 e. The molecular weight excluding hydrogens is 504 g/mol. The lowest BCUT2D eigenvalue weighted by Gasteiger charge is -2.25. The van der Waals surface area contributed by atoms with Crippen molar-refractivity contribution in [2.24, 2.45) is 0 Å². The third-order valence-electron chi connectivity index (χ3n) is 5.05. The summed E-state index contributed by atoms with van der Waals surface area (Å²) in [6.07, 6.45) is -9.38. The maximum absolute atomic E-state index is 14.3. The maximum Gasteiger partial charge on any atom is 0.461 e. The molecule has 0 aliphatic heterocycles. The number of methoxy groups -OCH3 is 1. The number of halogens is 5. The van der Waals surface area contributed by atoms with E-state index in [1.165, 1.54) is 44.5 Å². The second kappa shape index (κ2) is 12.0. The summed E-state index contributed by atoms with van der Waals surface area (Å²) in [4.78, 5) is 16.3. The van der Waals surface area contributed by atoms with Gasteiger partial charge in [0, 0.05) is 36.5 Å². The molecule has 11 heteroatoms. The molecule has 0 aliphatic rings. The Morgan fingerprint density at radius 3 is 2.44 bits per heavy atom. The van der Waals surface area contributed by atoms with Gasteiger partial charge < -0.3 is 19.5 Å². The minimum atomic E-state index is -4.81. The van der Waals surface area contributed by atoms with Gasteiger partial charge in [-0.3, -0.25) is 4.98 Å². The third-order valence-corrected chi connectivity index (χ3v) is 5.27.